The fourth-order valence-electron chi connectivity index (χ4n) is 1.12. The van der Waals surface area contributed by atoms with Gasteiger partial charge in [0.25, 0.3) is 0 Å². The van der Waals surface area contributed by atoms with Crippen molar-refractivity contribution < 1.29 is 5.11 Å². The Hall–Kier alpha value is -0.850. The first kappa shape index (κ1) is 12.2. The van der Waals surface area contributed by atoms with Gasteiger partial charge in [-0.3, -0.25) is 0 Å². The average Bonchev–Trinajstić information content (AvgIpc) is 2.11. The lowest BCUT2D eigenvalue weighted by atomic mass is 10.1. The second-order valence-corrected chi connectivity index (χ2v) is 3.30. The standard InChI is InChI=1S/C10H18N2O/c1-4-5-6-9(12(2)3)7-10(13)8-11/h4-5,9-10,13H,6-7H2,1-3H3/b5-4+. The van der Waals surface area contributed by atoms with E-state index in [0.717, 1.165) is 6.42 Å². The predicted molar refractivity (Wildman–Crippen MR) is 53.1 cm³/mol. The van der Waals surface area contributed by atoms with Crippen molar-refractivity contribution in [3.8, 4) is 6.07 Å². The number of hydrogen-bond acceptors (Lipinski definition) is 3. The summed E-state index contributed by atoms with van der Waals surface area (Å²) in [4.78, 5) is 2.03. The van der Waals surface area contributed by atoms with E-state index in [1.165, 1.54) is 0 Å². The zero-order valence-corrected chi connectivity index (χ0v) is 8.57. The van der Waals surface area contributed by atoms with E-state index < -0.39 is 6.10 Å². The van der Waals surface area contributed by atoms with Crippen LogP contribution in [0.4, 0.5) is 0 Å². The van der Waals surface area contributed by atoms with Crippen LogP contribution in [0.5, 0.6) is 0 Å². The van der Waals surface area contributed by atoms with Crippen molar-refractivity contribution in [2.24, 2.45) is 0 Å². The third-order valence-electron chi connectivity index (χ3n) is 2.02. The highest BCUT2D eigenvalue weighted by Gasteiger charge is 2.14. The Morgan fingerprint density at radius 3 is 2.54 bits per heavy atom. The van der Waals surface area contributed by atoms with Crippen LogP contribution in [0.3, 0.4) is 0 Å². The highest BCUT2D eigenvalue weighted by atomic mass is 16.3. The molecule has 2 atom stereocenters. The summed E-state index contributed by atoms with van der Waals surface area (Å²) >= 11 is 0. The molecular formula is C10H18N2O. The first-order valence-electron chi connectivity index (χ1n) is 4.47. The minimum Gasteiger partial charge on any atom is -0.378 e. The first-order valence-corrected chi connectivity index (χ1v) is 4.47. The van der Waals surface area contributed by atoms with Gasteiger partial charge in [0.15, 0.2) is 0 Å². The molecule has 1 N–H and O–H groups in total. The van der Waals surface area contributed by atoms with E-state index in [2.05, 4.69) is 6.08 Å². The van der Waals surface area contributed by atoms with Gasteiger partial charge in [0.1, 0.15) is 6.10 Å². The second-order valence-electron chi connectivity index (χ2n) is 3.30. The van der Waals surface area contributed by atoms with Crippen molar-refractivity contribution in [3.05, 3.63) is 12.2 Å². The SMILES string of the molecule is C/C=C/CC(CC(O)C#N)N(C)C. The van der Waals surface area contributed by atoms with Gasteiger partial charge in [0.2, 0.25) is 0 Å². The number of rotatable bonds is 5. The van der Waals surface area contributed by atoms with Crippen molar-refractivity contribution in [2.45, 2.75) is 31.9 Å². The molecule has 2 unspecified atom stereocenters. The van der Waals surface area contributed by atoms with Gasteiger partial charge in [0, 0.05) is 12.5 Å². The molecule has 0 saturated carbocycles. The summed E-state index contributed by atoms with van der Waals surface area (Å²) in [6.45, 7) is 1.97. The fraction of sp³-hybridized carbons (Fsp3) is 0.700. The largest absolute Gasteiger partial charge is 0.378 e. The van der Waals surface area contributed by atoms with Crippen LogP contribution in [-0.4, -0.2) is 36.2 Å². The lowest BCUT2D eigenvalue weighted by Crippen LogP contribution is -2.30. The summed E-state index contributed by atoms with van der Waals surface area (Å²) in [5, 5.41) is 17.6. The number of hydrogen-bond donors (Lipinski definition) is 1. The van der Waals surface area contributed by atoms with Crippen LogP contribution in [0.25, 0.3) is 0 Å². The maximum atomic E-state index is 9.16. The van der Waals surface area contributed by atoms with E-state index in [-0.39, 0.29) is 6.04 Å². The Morgan fingerprint density at radius 1 is 1.54 bits per heavy atom. The van der Waals surface area contributed by atoms with Gasteiger partial charge in [-0.15, -0.1) is 0 Å². The van der Waals surface area contributed by atoms with Crippen LogP contribution >= 0.6 is 0 Å². The molecule has 0 radical (unpaired) electrons. The molecule has 0 spiro atoms. The molecule has 0 saturated heterocycles. The Kier molecular flexibility index (Phi) is 6.21. The zero-order chi connectivity index (χ0) is 10.3. The Morgan fingerprint density at radius 2 is 2.15 bits per heavy atom. The number of nitriles is 1. The van der Waals surface area contributed by atoms with Crippen LogP contribution in [-0.2, 0) is 0 Å². The smallest absolute Gasteiger partial charge is 0.142 e. The summed E-state index contributed by atoms with van der Waals surface area (Å²) in [6, 6.07) is 2.07. The van der Waals surface area contributed by atoms with Crippen molar-refractivity contribution in [1.82, 2.24) is 4.90 Å². The maximum absolute atomic E-state index is 9.16. The summed E-state index contributed by atoms with van der Waals surface area (Å²) in [5.41, 5.74) is 0. The van der Waals surface area contributed by atoms with Crippen LogP contribution in [0.15, 0.2) is 12.2 Å². The third-order valence-corrected chi connectivity index (χ3v) is 2.02. The van der Waals surface area contributed by atoms with E-state index in [0.29, 0.717) is 6.42 Å². The van der Waals surface area contributed by atoms with E-state index in [1.807, 2.05) is 38.1 Å². The molecule has 0 aromatic carbocycles. The van der Waals surface area contributed by atoms with E-state index >= 15 is 0 Å². The molecule has 0 aliphatic heterocycles. The van der Waals surface area contributed by atoms with E-state index in [4.69, 9.17) is 10.4 Å². The maximum Gasteiger partial charge on any atom is 0.142 e. The van der Waals surface area contributed by atoms with Crippen molar-refractivity contribution >= 4 is 0 Å². The molecule has 0 amide bonds. The normalized spacial score (nSPS) is 16.0. The molecule has 13 heavy (non-hydrogen) atoms. The number of aliphatic hydroxyl groups excluding tert-OH is 1. The fourth-order valence-corrected chi connectivity index (χ4v) is 1.12. The minimum atomic E-state index is -0.849. The van der Waals surface area contributed by atoms with Crippen LogP contribution in [0.2, 0.25) is 0 Å². The van der Waals surface area contributed by atoms with Gasteiger partial charge in [0.05, 0.1) is 6.07 Å². The second kappa shape index (κ2) is 6.64. The highest BCUT2D eigenvalue weighted by Crippen LogP contribution is 2.08. The molecule has 0 aliphatic carbocycles. The summed E-state index contributed by atoms with van der Waals surface area (Å²) in [7, 11) is 3.91. The van der Waals surface area contributed by atoms with Gasteiger partial charge < -0.3 is 10.0 Å². The average molecular weight is 182 g/mol. The van der Waals surface area contributed by atoms with Gasteiger partial charge in [-0.05, 0) is 27.4 Å². The molecule has 0 heterocycles. The molecule has 0 aromatic rings. The van der Waals surface area contributed by atoms with Crippen molar-refractivity contribution in [1.29, 1.82) is 5.26 Å². The van der Waals surface area contributed by atoms with E-state index in [9.17, 15) is 0 Å². The lowest BCUT2D eigenvalue weighted by Gasteiger charge is -2.23. The highest BCUT2D eigenvalue weighted by molar-refractivity contribution is 4.90. The van der Waals surface area contributed by atoms with Crippen LogP contribution in [0, 0.1) is 11.3 Å². The molecule has 0 bridgehead atoms. The first-order chi connectivity index (χ1) is 6.11. The predicted octanol–water partition coefficient (Wildman–Crippen LogP) is 1.16. The Bertz CT molecular complexity index is 194. The summed E-state index contributed by atoms with van der Waals surface area (Å²) < 4.78 is 0. The number of nitrogens with zero attached hydrogens (tertiary/aromatic N) is 2. The summed E-state index contributed by atoms with van der Waals surface area (Å²) in [6.07, 6.45) is 4.57. The van der Waals surface area contributed by atoms with Gasteiger partial charge in [-0.25, -0.2) is 0 Å². The van der Waals surface area contributed by atoms with Gasteiger partial charge in [-0.1, -0.05) is 12.2 Å². The number of allylic oxidation sites excluding steroid dienone is 1. The summed E-state index contributed by atoms with van der Waals surface area (Å²) in [5.74, 6) is 0. The van der Waals surface area contributed by atoms with Gasteiger partial charge >= 0.3 is 0 Å². The molecule has 0 rings (SSSR count). The minimum absolute atomic E-state index is 0.242. The number of aliphatic hydroxyl groups is 1. The molecule has 0 fully saturated rings. The van der Waals surface area contributed by atoms with Crippen molar-refractivity contribution in [3.63, 3.8) is 0 Å². The topological polar surface area (TPSA) is 47.3 Å². The molecule has 0 aliphatic rings. The molecule has 3 heteroatoms. The molecule has 74 valence electrons. The van der Waals surface area contributed by atoms with Gasteiger partial charge in [-0.2, -0.15) is 5.26 Å². The van der Waals surface area contributed by atoms with E-state index in [1.54, 1.807) is 0 Å². The zero-order valence-electron chi connectivity index (χ0n) is 8.57. The lowest BCUT2D eigenvalue weighted by molar-refractivity contribution is 0.165. The van der Waals surface area contributed by atoms with Crippen LogP contribution < -0.4 is 0 Å². The monoisotopic (exact) mass is 182 g/mol. The van der Waals surface area contributed by atoms with Crippen LogP contribution in [0.1, 0.15) is 19.8 Å². The molecular weight excluding hydrogens is 164 g/mol. The Balaban J connectivity index is 4.03. The molecule has 0 aromatic heterocycles. The molecule has 3 nitrogen and oxygen atoms in total. The Labute approximate surface area is 80.3 Å². The third kappa shape index (κ3) is 5.40. The quantitative estimate of drug-likeness (QED) is 0.512. The van der Waals surface area contributed by atoms with Crippen molar-refractivity contribution in [2.75, 3.05) is 14.1 Å².